The predicted molar refractivity (Wildman–Crippen MR) is 110 cm³/mol. The first kappa shape index (κ1) is 17.6. The summed E-state index contributed by atoms with van der Waals surface area (Å²) in [6, 6.07) is 12.7. The summed E-state index contributed by atoms with van der Waals surface area (Å²) in [5.41, 5.74) is 3.40. The van der Waals surface area contributed by atoms with Crippen LogP contribution in [0.3, 0.4) is 0 Å². The van der Waals surface area contributed by atoms with E-state index in [0.717, 1.165) is 29.1 Å². The van der Waals surface area contributed by atoms with E-state index in [0.29, 0.717) is 0 Å². The minimum atomic E-state index is 0.888. The quantitative estimate of drug-likeness (QED) is 0.587. The van der Waals surface area contributed by atoms with E-state index >= 15 is 0 Å². The largest absolute Gasteiger partial charge is 0.372 e. The first-order chi connectivity index (χ1) is 12.3. The van der Waals surface area contributed by atoms with E-state index in [2.05, 4.69) is 76.0 Å². The zero-order chi connectivity index (χ0) is 17.6. The van der Waals surface area contributed by atoms with E-state index in [1.54, 1.807) is 29.7 Å². The van der Waals surface area contributed by atoms with Gasteiger partial charge in [0.1, 0.15) is 0 Å². The molecular formula is C19H22N4S2. The van der Waals surface area contributed by atoms with E-state index in [1.807, 2.05) is 10.9 Å². The fourth-order valence-corrected chi connectivity index (χ4v) is 4.24. The summed E-state index contributed by atoms with van der Waals surface area (Å²) in [5.74, 6) is 0. The molecule has 0 radical (unpaired) electrons. The molecule has 0 saturated heterocycles. The maximum Gasteiger partial charge on any atom is 0.205 e. The third-order valence-corrected chi connectivity index (χ3v) is 5.79. The lowest BCUT2D eigenvalue weighted by Crippen LogP contribution is -2.21. The zero-order valence-corrected chi connectivity index (χ0v) is 16.3. The van der Waals surface area contributed by atoms with Crippen molar-refractivity contribution in [2.45, 2.75) is 13.8 Å². The number of rotatable bonds is 6. The average Bonchev–Trinajstić information content (AvgIpc) is 3.31. The SMILES string of the molecule is CCN(CC)c1ccc(C=Nn2c(-c3cccs3)csc2=NC)cc1. The molecule has 0 spiro atoms. The van der Waals surface area contributed by atoms with E-state index in [-0.39, 0.29) is 0 Å². The van der Waals surface area contributed by atoms with Gasteiger partial charge >= 0.3 is 0 Å². The molecule has 0 bridgehead atoms. The molecule has 0 fully saturated rings. The van der Waals surface area contributed by atoms with E-state index in [9.17, 15) is 0 Å². The lowest BCUT2D eigenvalue weighted by atomic mass is 10.2. The maximum atomic E-state index is 4.68. The number of thiazole rings is 1. The zero-order valence-electron chi connectivity index (χ0n) is 14.7. The molecule has 130 valence electrons. The first-order valence-electron chi connectivity index (χ1n) is 8.33. The van der Waals surface area contributed by atoms with Gasteiger partial charge in [0.05, 0.1) is 16.8 Å². The van der Waals surface area contributed by atoms with E-state index in [1.165, 1.54) is 10.6 Å². The van der Waals surface area contributed by atoms with Crippen LogP contribution in [0.25, 0.3) is 10.6 Å². The molecule has 3 aromatic rings. The van der Waals surface area contributed by atoms with Crippen LogP contribution < -0.4 is 9.70 Å². The Bertz CT molecular complexity index is 882. The molecule has 0 aliphatic carbocycles. The van der Waals surface area contributed by atoms with Crippen molar-refractivity contribution < 1.29 is 0 Å². The number of benzene rings is 1. The van der Waals surface area contributed by atoms with Crippen LogP contribution in [0.15, 0.2) is 57.3 Å². The average molecular weight is 371 g/mol. The number of nitrogens with zero attached hydrogens (tertiary/aromatic N) is 4. The molecule has 2 aromatic heterocycles. The van der Waals surface area contributed by atoms with Crippen LogP contribution in [0.2, 0.25) is 0 Å². The summed E-state index contributed by atoms with van der Waals surface area (Å²) in [4.78, 5) is 8.75. The lowest BCUT2D eigenvalue weighted by molar-refractivity contribution is 0.850. The van der Waals surface area contributed by atoms with Gasteiger partial charge in [-0.3, -0.25) is 4.99 Å². The van der Waals surface area contributed by atoms with E-state index in [4.69, 9.17) is 0 Å². The number of hydrogen-bond donors (Lipinski definition) is 0. The highest BCUT2D eigenvalue weighted by Gasteiger charge is 2.07. The Labute approximate surface area is 156 Å². The topological polar surface area (TPSA) is 32.9 Å². The number of anilines is 1. The summed E-state index contributed by atoms with van der Waals surface area (Å²) in [5, 5.41) is 8.86. The van der Waals surface area contributed by atoms with Crippen LogP contribution in [0.1, 0.15) is 19.4 Å². The van der Waals surface area contributed by atoms with Gasteiger partial charge in [-0.1, -0.05) is 18.2 Å². The highest BCUT2D eigenvalue weighted by atomic mass is 32.1. The van der Waals surface area contributed by atoms with Crippen LogP contribution in [0, 0.1) is 0 Å². The van der Waals surface area contributed by atoms with Gasteiger partial charge in [-0.2, -0.15) is 5.10 Å². The Hall–Kier alpha value is -2.18. The number of aromatic nitrogens is 1. The van der Waals surface area contributed by atoms with Crippen LogP contribution in [-0.2, 0) is 0 Å². The molecular weight excluding hydrogens is 348 g/mol. The molecule has 0 atom stereocenters. The highest BCUT2D eigenvalue weighted by molar-refractivity contribution is 7.14. The lowest BCUT2D eigenvalue weighted by Gasteiger charge is -2.20. The predicted octanol–water partition coefficient (Wildman–Crippen LogP) is 4.54. The molecule has 0 aliphatic rings. The minimum Gasteiger partial charge on any atom is -0.372 e. The second-order valence-electron chi connectivity index (χ2n) is 5.42. The second kappa shape index (κ2) is 8.27. The summed E-state index contributed by atoms with van der Waals surface area (Å²) < 4.78 is 1.91. The van der Waals surface area contributed by atoms with Gasteiger partial charge in [0.15, 0.2) is 0 Å². The van der Waals surface area contributed by atoms with Crippen molar-refractivity contribution in [3.05, 3.63) is 57.5 Å². The van der Waals surface area contributed by atoms with Gasteiger partial charge < -0.3 is 4.90 Å². The van der Waals surface area contributed by atoms with Crippen LogP contribution in [0.5, 0.6) is 0 Å². The molecule has 1 aromatic carbocycles. The Morgan fingerprint density at radius 1 is 1.08 bits per heavy atom. The van der Waals surface area contributed by atoms with Gasteiger partial charge in [-0.15, -0.1) is 22.7 Å². The standard InChI is InChI=1S/C19H22N4S2/c1-4-22(5-2)16-10-8-15(9-11-16)13-21-23-17(14-25-19(23)20-3)18-7-6-12-24-18/h6-14H,4-5H2,1-3H3. The minimum absolute atomic E-state index is 0.888. The Balaban J connectivity index is 1.89. The molecule has 4 nitrogen and oxygen atoms in total. The van der Waals surface area contributed by atoms with Gasteiger partial charge in [0.2, 0.25) is 4.80 Å². The van der Waals surface area contributed by atoms with Crippen LogP contribution in [0.4, 0.5) is 5.69 Å². The summed E-state index contributed by atoms with van der Waals surface area (Å²) in [7, 11) is 1.80. The van der Waals surface area contributed by atoms with Gasteiger partial charge in [-0.05, 0) is 43.0 Å². The molecule has 0 aliphatic heterocycles. The molecule has 0 unspecified atom stereocenters. The highest BCUT2D eigenvalue weighted by Crippen LogP contribution is 2.25. The monoisotopic (exact) mass is 370 g/mol. The van der Waals surface area contributed by atoms with Crippen molar-refractivity contribution >= 4 is 34.6 Å². The Morgan fingerprint density at radius 3 is 2.44 bits per heavy atom. The first-order valence-corrected chi connectivity index (χ1v) is 10.1. The van der Waals surface area contributed by atoms with Crippen molar-refractivity contribution in [2.75, 3.05) is 25.0 Å². The molecule has 0 saturated carbocycles. The molecule has 25 heavy (non-hydrogen) atoms. The molecule has 0 amide bonds. The van der Waals surface area contributed by atoms with Crippen LogP contribution >= 0.6 is 22.7 Å². The fourth-order valence-electron chi connectivity index (χ4n) is 2.64. The van der Waals surface area contributed by atoms with Crippen molar-refractivity contribution in [1.29, 1.82) is 0 Å². The third kappa shape index (κ3) is 3.91. The van der Waals surface area contributed by atoms with E-state index < -0.39 is 0 Å². The van der Waals surface area contributed by atoms with Gasteiger partial charge in [0.25, 0.3) is 0 Å². The van der Waals surface area contributed by atoms with Crippen molar-refractivity contribution in [3.63, 3.8) is 0 Å². The molecule has 6 heteroatoms. The van der Waals surface area contributed by atoms with Gasteiger partial charge in [-0.25, -0.2) is 4.68 Å². The normalized spacial score (nSPS) is 12.2. The maximum absolute atomic E-state index is 4.68. The second-order valence-corrected chi connectivity index (χ2v) is 7.21. The molecule has 2 heterocycles. The van der Waals surface area contributed by atoms with Crippen molar-refractivity contribution in [1.82, 2.24) is 4.68 Å². The summed E-state index contributed by atoms with van der Waals surface area (Å²) in [6.45, 7) is 6.38. The summed E-state index contributed by atoms with van der Waals surface area (Å²) >= 11 is 3.31. The number of hydrogen-bond acceptors (Lipinski definition) is 5. The smallest absolute Gasteiger partial charge is 0.205 e. The Kier molecular flexibility index (Phi) is 5.83. The van der Waals surface area contributed by atoms with Gasteiger partial charge in [0, 0.05) is 31.2 Å². The summed E-state index contributed by atoms with van der Waals surface area (Å²) in [6.07, 6.45) is 1.89. The van der Waals surface area contributed by atoms with Crippen LogP contribution in [-0.4, -0.2) is 31.0 Å². The molecule has 3 rings (SSSR count). The Morgan fingerprint density at radius 2 is 1.84 bits per heavy atom. The molecule has 0 N–H and O–H groups in total. The fraction of sp³-hybridized carbons (Fsp3) is 0.263. The van der Waals surface area contributed by atoms with Crippen molar-refractivity contribution in [2.24, 2.45) is 10.1 Å². The van der Waals surface area contributed by atoms with Crippen molar-refractivity contribution in [3.8, 4) is 10.6 Å². The third-order valence-electron chi connectivity index (χ3n) is 3.99. The number of thiophene rings is 1.